The van der Waals surface area contributed by atoms with Crippen molar-refractivity contribution in [1.29, 1.82) is 0 Å². The van der Waals surface area contributed by atoms with Gasteiger partial charge >= 0.3 is 0 Å². The lowest BCUT2D eigenvalue weighted by molar-refractivity contribution is 0.639. The van der Waals surface area contributed by atoms with Crippen LogP contribution < -0.4 is 5.73 Å². The normalized spacial score (nSPS) is 11.5. The Balaban J connectivity index is 1.73. The zero-order valence-corrected chi connectivity index (χ0v) is 18.5. The minimum Gasteiger partial charge on any atom is -0.384 e. The van der Waals surface area contributed by atoms with E-state index < -0.39 is 5.82 Å². The maximum atomic E-state index is 15.1. The first-order valence-electron chi connectivity index (χ1n) is 10.3. The number of imidazole rings is 1. The zero-order valence-electron chi connectivity index (χ0n) is 17.8. The summed E-state index contributed by atoms with van der Waals surface area (Å²) in [5.74, 6) is 1.21. The third-order valence-electron chi connectivity index (χ3n) is 5.72. The molecule has 0 aliphatic heterocycles. The second kappa shape index (κ2) is 7.60. The highest BCUT2D eigenvalue weighted by Gasteiger charge is 2.20. The van der Waals surface area contributed by atoms with Gasteiger partial charge in [-0.1, -0.05) is 11.6 Å². The van der Waals surface area contributed by atoms with Crippen LogP contribution >= 0.6 is 11.6 Å². The lowest BCUT2D eigenvalue weighted by atomic mass is 10.0. The molecule has 0 saturated carbocycles. The molecule has 0 saturated heterocycles. The number of hydrogen-bond acceptors (Lipinski definition) is 6. The van der Waals surface area contributed by atoms with Crippen molar-refractivity contribution in [2.75, 3.05) is 5.73 Å². The van der Waals surface area contributed by atoms with Crippen molar-refractivity contribution in [2.24, 2.45) is 0 Å². The van der Waals surface area contributed by atoms with Gasteiger partial charge < -0.3 is 5.73 Å². The molecular formula is C24H16ClFN8. The van der Waals surface area contributed by atoms with Crippen molar-refractivity contribution in [2.45, 2.75) is 6.92 Å². The van der Waals surface area contributed by atoms with Gasteiger partial charge in [-0.3, -0.25) is 14.6 Å². The van der Waals surface area contributed by atoms with Gasteiger partial charge in [0.15, 0.2) is 5.82 Å². The number of hydrogen-bond donors (Lipinski definition) is 2. The van der Waals surface area contributed by atoms with E-state index in [9.17, 15) is 0 Å². The molecule has 0 fully saturated rings. The van der Waals surface area contributed by atoms with Crippen molar-refractivity contribution in [1.82, 2.24) is 34.7 Å². The highest BCUT2D eigenvalue weighted by molar-refractivity contribution is 6.35. The summed E-state index contributed by atoms with van der Waals surface area (Å²) in [6.45, 7) is 1.86. The molecule has 34 heavy (non-hydrogen) atoms. The molecule has 0 aliphatic rings. The second-order valence-corrected chi connectivity index (χ2v) is 8.18. The SMILES string of the molecule is Cc1nc2c(-c3ncn[nH]3)cc(-c3ccnc(N)c3)cc2n1-c1ccnc2c(Cl)ccc(F)c12. The van der Waals surface area contributed by atoms with Crippen LogP contribution in [0, 0.1) is 12.7 Å². The van der Waals surface area contributed by atoms with Gasteiger partial charge in [-0.05, 0) is 60.5 Å². The highest BCUT2D eigenvalue weighted by Crippen LogP contribution is 2.37. The number of nitrogens with two attached hydrogens (primary N) is 1. The van der Waals surface area contributed by atoms with E-state index in [0.717, 1.165) is 22.2 Å². The number of aromatic nitrogens is 7. The molecule has 6 rings (SSSR count). The van der Waals surface area contributed by atoms with Gasteiger partial charge in [0.2, 0.25) is 0 Å². The number of H-pyrrole nitrogens is 1. The van der Waals surface area contributed by atoms with Crippen molar-refractivity contribution >= 4 is 39.4 Å². The average Bonchev–Trinajstić information content (AvgIpc) is 3.48. The van der Waals surface area contributed by atoms with E-state index in [1.165, 1.54) is 18.5 Å². The fourth-order valence-corrected chi connectivity index (χ4v) is 4.48. The van der Waals surface area contributed by atoms with Crippen LogP contribution in [0.2, 0.25) is 5.02 Å². The first-order chi connectivity index (χ1) is 16.5. The van der Waals surface area contributed by atoms with Gasteiger partial charge in [0, 0.05) is 18.0 Å². The van der Waals surface area contributed by atoms with E-state index in [1.807, 2.05) is 29.7 Å². The molecule has 0 radical (unpaired) electrons. The summed E-state index contributed by atoms with van der Waals surface area (Å²) in [4.78, 5) is 17.6. The number of nitrogens with zero attached hydrogens (tertiary/aromatic N) is 6. The molecule has 0 unspecified atom stereocenters. The molecule has 0 atom stereocenters. The number of aryl methyl sites for hydroxylation is 1. The lowest BCUT2D eigenvalue weighted by Gasteiger charge is -2.13. The number of rotatable bonds is 3. The molecule has 0 aliphatic carbocycles. The molecule has 4 heterocycles. The number of aromatic amines is 1. The predicted molar refractivity (Wildman–Crippen MR) is 129 cm³/mol. The Kier molecular flexibility index (Phi) is 4.53. The van der Waals surface area contributed by atoms with Crippen LogP contribution in [0.15, 0.2) is 61.2 Å². The van der Waals surface area contributed by atoms with E-state index in [2.05, 4.69) is 25.1 Å². The first-order valence-corrected chi connectivity index (χ1v) is 10.7. The predicted octanol–water partition coefficient (Wildman–Crippen LogP) is 5.10. The number of nitrogens with one attached hydrogen (secondary N) is 1. The summed E-state index contributed by atoms with van der Waals surface area (Å²) in [6.07, 6.45) is 4.70. The Morgan fingerprint density at radius 2 is 1.82 bits per heavy atom. The van der Waals surface area contributed by atoms with E-state index in [0.29, 0.717) is 44.6 Å². The molecule has 3 N–H and O–H groups in total. The van der Waals surface area contributed by atoms with Crippen molar-refractivity contribution in [3.63, 3.8) is 0 Å². The van der Waals surface area contributed by atoms with Crippen LogP contribution in [0.1, 0.15) is 5.82 Å². The van der Waals surface area contributed by atoms with Crippen molar-refractivity contribution in [3.8, 4) is 28.2 Å². The van der Waals surface area contributed by atoms with Crippen LogP contribution in [0.5, 0.6) is 0 Å². The monoisotopic (exact) mass is 470 g/mol. The van der Waals surface area contributed by atoms with Gasteiger partial charge in [0.1, 0.15) is 29.3 Å². The number of anilines is 1. The third-order valence-corrected chi connectivity index (χ3v) is 6.03. The van der Waals surface area contributed by atoms with E-state index in [4.69, 9.17) is 22.3 Å². The molecule has 6 aromatic rings. The largest absolute Gasteiger partial charge is 0.384 e. The van der Waals surface area contributed by atoms with E-state index in [1.54, 1.807) is 24.5 Å². The Morgan fingerprint density at radius 1 is 0.971 bits per heavy atom. The Hall–Kier alpha value is -4.37. The zero-order chi connectivity index (χ0) is 23.4. The maximum Gasteiger partial charge on any atom is 0.157 e. The van der Waals surface area contributed by atoms with Crippen molar-refractivity contribution < 1.29 is 4.39 Å². The van der Waals surface area contributed by atoms with Crippen LogP contribution in [0.4, 0.5) is 10.2 Å². The summed E-state index contributed by atoms with van der Waals surface area (Å²) in [7, 11) is 0. The Labute approximate surface area is 197 Å². The standard InChI is InChI=1S/C24H16ClFN8/c1-12-32-22-15(24-30-11-31-33-24)8-14(13-4-6-28-20(27)10-13)9-19(22)34(12)18-5-7-29-23-16(25)2-3-17(26)21(18)23/h2-11H,1H3,(H2,27,28)(H,30,31,33). The summed E-state index contributed by atoms with van der Waals surface area (Å²) in [5.41, 5.74) is 10.8. The molecule has 0 amide bonds. The number of pyridine rings is 2. The minimum absolute atomic E-state index is 0.317. The van der Waals surface area contributed by atoms with Crippen LogP contribution in [-0.4, -0.2) is 34.7 Å². The molecule has 166 valence electrons. The topological polar surface area (TPSA) is 111 Å². The molecule has 0 bridgehead atoms. The van der Waals surface area contributed by atoms with Gasteiger partial charge in [0.05, 0.1) is 27.1 Å². The number of halogens is 2. The van der Waals surface area contributed by atoms with Crippen LogP contribution in [0.25, 0.3) is 50.1 Å². The summed E-state index contributed by atoms with van der Waals surface area (Å²) in [6, 6.07) is 12.2. The number of nitrogen functional groups attached to an aromatic ring is 1. The fraction of sp³-hybridized carbons (Fsp3) is 0.0417. The Morgan fingerprint density at radius 3 is 2.62 bits per heavy atom. The third kappa shape index (κ3) is 3.09. The summed E-state index contributed by atoms with van der Waals surface area (Å²) in [5, 5.41) is 7.60. The molecular weight excluding hydrogens is 455 g/mol. The molecule has 4 aromatic heterocycles. The summed E-state index contributed by atoms with van der Waals surface area (Å²) >= 11 is 6.34. The van der Waals surface area contributed by atoms with Crippen LogP contribution in [0.3, 0.4) is 0 Å². The smallest absolute Gasteiger partial charge is 0.157 e. The number of benzene rings is 2. The molecule has 0 spiro atoms. The molecule has 2 aromatic carbocycles. The number of fused-ring (bicyclic) bond motifs is 2. The second-order valence-electron chi connectivity index (χ2n) is 7.77. The van der Waals surface area contributed by atoms with Gasteiger partial charge in [0.25, 0.3) is 0 Å². The Bertz CT molecular complexity index is 1710. The highest BCUT2D eigenvalue weighted by atomic mass is 35.5. The van der Waals surface area contributed by atoms with E-state index >= 15 is 4.39 Å². The summed E-state index contributed by atoms with van der Waals surface area (Å²) < 4.78 is 17.0. The van der Waals surface area contributed by atoms with Gasteiger partial charge in [-0.25, -0.2) is 19.3 Å². The first kappa shape index (κ1) is 20.3. The fourth-order valence-electron chi connectivity index (χ4n) is 4.27. The van der Waals surface area contributed by atoms with E-state index in [-0.39, 0.29) is 0 Å². The molecule has 10 heteroatoms. The van der Waals surface area contributed by atoms with Gasteiger partial charge in [-0.2, -0.15) is 5.10 Å². The van der Waals surface area contributed by atoms with Gasteiger partial charge in [-0.15, -0.1) is 0 Å². The quantitative estimate of drug-likeness (QED) is 0.372. The minimum atomic E-state index is -0.419. The van der Waals surface area contributed by atoms with Crippen molar-refractivity contribution in [3.05, 3.63) is 77.8 Å². The average molecular weight is 471 g/mol. The van der Waals surface area contributed by atoms with Crippen LogP contribution in [-0.2, 0) is 0 Å². The lowest BCUT2D eigenvalue weighted by Crippen LogP contribution is -2.01. The maximum absolute atomic E-state index is 15.1. The molecule has 8 nitrogen and oxygen atoms in total.